The van der Waals surface area contributed by atoms with Gasteiger partial charge in [0.2, 0.25) is 10.0 Å². The van der Waals surface area contributed by atoms with Crippen LogP contribution in [0.15, 0.2) is 35.7 Å². The number of carbonyl (C=O) groups is 1. The van der Waals surface area contributed by atoms with Gasteiger partial charge in [0.1, 0.15) is 0 Å². The molecule has 1 aromatic heterocycles. The number of anilines is 3. The van der Waals surface area contributed by atoms with Crippen LogP contribution in [0.25, 0.3) is 0 Å². The molecule has 134 valence electrons. The van der Waals surface area contributed by atoms with Crippen molar-refractivity contribution >= 4 is 43.8 Å². The maximum atomic E-state index is 12.4. The van der Waals surface area contributed by atoms with Gasteiger partial charge >= 0.3 is 6.03 Å². The Bertz CT molecular complexity index is 848. The van der Waals surface area contributed by atoms with Crippen LogP contribution in [0, 0.1) is 0 Å². The topological polar surface area (TPSA) is 78.5 Å². The number of sulfonamides is 1. The number of urea groups is 1. The van der Waals surface area contributed by atoms with Gasteiger partial charge < -0.3 is 5.32 Å². The van der Waals surface area contributed by atoms with Gasteiger partial charge in [0.15, 0.2) is 0 Å². The van der Waals surface area contributed by atoms with Crippen LogP contribution in [0.4, 0.5) is 21.2 Å². The van der Waals surface area contributed by atoms with E-state index in [4.69, 9.17) is 0 Å². The van der Waals surface area contributed by atoms with Gasteiger partial charge in [0.05, 0.1) is 16.4 Å². The lowest BCUT2D eigenvalue weighted by Crippen LogP contribution is -2.37. The largest absolute Gasteiger partial charge is 0.324 e. The van der Waals surface area contributed by atoms with E-state index < -0.39 is 10.0 Å². The molecule has 0 unspecified atom stereocenters. The maximum Gasteiger partial charge on any atom is 0.324 e. The molecule has 0 fully saturated rings. The summed E-state index contributed by atoms with van der Waals surface area (Å²) >= 11 is 1.45. The number of benzene rings is 1. The third-order valence-corrected chi connectivity index (χ3v) is 6.73. The fourth-order valence-corrected chi connectivity index (χ4v) is 5.16. The number of rotatable bonds is 5. The molecule has 2 N–H and O–H groups in total. The molecule has 2 amide bonds. The molecule has 0 aliphatic carbocycles. The molecule has 2 heterocycles. The summed E-state index contributed by atoms with van der Waals surface area (Å²) < 4.78 is 26.4. The Morgan fingerprint density at radius 3 is 2.84 bits per heavy atom. The van der Waals surface area contributed by atoms with E-state index >= 15 is 0 Å². The van der Waals surface area contributed by atoms with E-state index in [1.54, 1.807) is 12.1 Å². The van der Waals surface area contributed by atoms with Gasteiger partial charge in [-0.3, -0.25) is 9.62 Å². The fraction of sp³-hybridized carbons (Fsp3) is 0.353. The van der Waals surface area contributed by atoms with Gasteiger partial charge in [-0.1, -0.05) is 6.92 Å². The molecule has 6 nitrogen and oxygen atoms in total. The van der Waals surface area contributed by atoms with Crippen LogP contribution in [0.1, 0.15) is 25.3 Å². The molecule has 1 aliphatic rings. The Morgan fingerprint density at radius 2 is 2.12 bits per heavy atom. The minimum Gasteiger partial charge on any atom is -0.308 e. The normalized spacial score (nSPS) is 14.0. The zero-order valence-electron chi connectivity index (χ0n) is 14.0. The van der Waals surface area contributed by atoms with E-state index in [2.05, 4.69) is 10.6 Å². The first-order valence-electron chi connectivity index (χ1n) is 8.24. The molecule has 8 heteroatoms. The number of carbonyl (C=O) groups excluding carboxylic acids is 1. The number of fused-ring (bicyclic) bond motifs is 1. The van der Waals surface area contributed by atoms with Crippen LogP contribution in [0.5, 0.6) is 0 Å². The van der Waals surface area contributed by atoms with Crippen molar-refractivity contribution in [2.45, 2.75) is 26.2 Å². The summed E-state index contributed by atoms with van der Waals surface area (Å²) in [7, 11) is -3.28. The van der Waals surface area contributed by atoms with E-state index in [9.17, 15) is 13.2 Å². The van der Waals surface area contributed by atoms with Crippen molar-refractivity contribution in [1.29, 1.82) is 0 Å². The fourth-order valence-electron chi connectivity index (χ4n) is 2.92. The lowest BCUT2D eigenvalue weighted by Gasteiger charge is -2.30. The average Bonchev–Trinajstić information content (AvgIpc) is 3.06. The number of amides is 2. The molecule has 3 rings (SSSR count). The lowest BCUT2D eigenvalue weighted by atomic mass is 10.0. The van der Waals surface area contributed by atoms with Gasteiger partial charge in [0.25, 0.3) is 0 Å². The second-order valence-corrected chi connectivity index (χ2v) is 8.85. The first kappa shape index (κ1) is 17.8. The predicted molar refractivity (Wildman–Crippen MR) is 103 cm³/mol. The monoisotopic (exact) mass is 379 g/mol. The molecule has 0 radical (unpaired) electrons. The van der Waals surface area contributed by atoms with Crippen LogP contribution in [0.2, 0.25) is 0 Å². The molecule has 0 saturated carbocycles. The van der Waals surface area contributed by atoms with Crippen LogP contribution < -0.4 is 14.9 Å². The second kappa shape index (κ2) is 7.45. The molecule has 0 spiro atoms. The Morgan fingerprint density at radius 1 is 1.28 bits per heavy atom. The van der Waals surface area contributed by atoms with E-state index in [1.807, 2.05) is 30.5 Å². The van der Waals surface area contributed by atoms with Crippen LogP contribution >= 0.6 is 11.3 Å². The van der Waals surface area contributed by atoms with Gasteiger partial charge in [-0.2, -0.15) is 0 Å². The highest BCUT2D eigenvalue weighted by Gasteiger charge is 2.26. The Labute approximate surface area is 151 Å². The lowest BCUT2D eigenvalue weighted by molar-refractivity contribution is 0.262. The summed E-state index contributed by atoms with van der Waals surface area (Å²) in [5, 5.41) is 8.22. The van der Waals surface area contributed by atoms with E-state index in [0.717, 1.165) is 29.1 Å². The van der Waals surface area contributed by atoms with E-state index in [1.165, 1.54) is 15.6 Å². The summed E-state index contributed by atoms with van der Waals surface area (Å²) in [6, 6.07) is 8.76. The minimum atomic E-state index is -3.28. The van der Waals surface area contributed by atoms with Crippen molar-refractivity contribution in [3.63, 3.8) is 0 Å². The number of thiophene rings is 1. The van der Waals surface area contributed by atoms with Crippen molar-refractivity contribution in [2.75, 3.05) is 27.2 Å². The molecule has 2 aromatic rings. The Kier molecular flexibility index (Phi) is 5.29. The molecule has 0 saturated heterocycles. The third kappa shape index (κ3) is 4.13. The highest BCUT2D eigenvalue weighted by molar-refractivity contribution is 7.92. The summed E-state index contributed by atoms with van der Waals surface area (Å²) in [6.07, 6.45) is 2.17. The number of hydrogen-bond donors (Lipinski definition) is 2. The van der Waals surface area contributed by atoms with Crippen LogP contribution in [-0.4, -0.2) is 26.7 Å². The maximum absolute atomic E-state index is 12.4. The summed E-state index contributed by atoms with van der Waals surface area (Å²) in [4.78, 5) is 12.0. The quantitative estimate of drug-likeness (QED) is 0.827. The molecule has 25 heavy (non-hydrogen) atoms. The first-order valence-corrected chi connectivity index (χ1v) is 10.7. The number of nitrogens with one attached hydrogen (secondary N) is 2. The highest BCUT2D eigenvalue weighted by Crippen LogP contribution is 2.32. The summed E-state index contributed by atoms with van der Waals surface area (Å²) in [5.74, 6) is 0.148. The van der Waals surface area contributed by atoms with Crippen molar-refractivity contribution in [3.8, 4) is 0 Å². The first-order chi connectivity index (χ1) is 12.0. The smallest absolute Gasteiger partial charge is 0.308 e. The number of aryl methyl sites for hydroxylation is 1. The SMILES string of the molecule is CCCS(=O)(=O)N1CCCc2cc(NC(=O)Nc3cccs3)ccc21. The predicted octanol–water partition coefficient (Wildman–Crippen LogP) is 3.88. The molecule has 0 bridgehead atoms. The summed E-state index contributed by atoms with van der Waals surface area (Å²) in [6.45, 7) is 2.38. The van der Waals surface area contributed by atoms with Gasteiger partial charge in [-0.15, -0.1) is 11.3 Å². The Balaban J connectivity index is 1.76. The average molecular weight is 380 g/mol. The molecular weight excluding hydrogens is 358 g/mol. The zero-order valence-corrected chi connectivity index (χ0v) is 15.6. The minimum absolute atomic E-state index is 0.148. The third-order valence-electron chi connectivity index (χ3n) is 3.97. The molecular formula is C17H21N3O3S2. The van der Waals surface area contributed by atoms with Crippen LogP contribution in [-0.2, 0) is 16.4 Å². The van der Waals surface area contributed by atoms with E-state index in [-0.39, 0.29) is 11.8 Å². The number of hydrogen-bond acceptors (Lipinski definition) is 4. The van der Waals surface area contributed by atoms with Gasteiger partial charge in [-0.05, 0) is 60.5 Å². The summed E-state index contributed by atoms with van der Waals surface area (Å²) in [5.41, 5.74) is 2.33. The standard InChI is InChI=1S/C17H21N3O3S2/c1-2-11-25(22,23)20-9-3-5-13-12-14(7-8-15(13)20)18-17(21)19-16-6-4-10-24-16/h4,6-8,10,12H,2-3,5,9,11H2,1H3,(H2,18,19,21). The Hall–Kier alpha value is -2.06. The molecule has 0 atom stereocenters. The van der Waals surface area contributed by atoms with Crippen molar-refractivity contribution < 1.29 is 13.2 Å². The van der Waals surface area contributed by atoms with Crippen molar-refractivity contribution in [3.05, 3.63) is 41.3 Å². The molecule has 1 aromatic carbocycles. The second-order valence-electron chi connectivity index (χ2n) is 5.89. The highest BCUT2D eigenvalue weighted by atomic mass is 32.2. The van der Waals surface area contributed by atoms with Gasteiger partial charge in [0, 0.05) is 12.2 Å². The van der Waals surface area contributed by atoms with E-state index in [0.29, 0.717) is 18.7 Å². The molecule has 1 aliphatic heterocycles. The number of nitrogens with zero attached hydrogens (tertiary/aromatic N) is 1. The van der Waals surface area contributed by atoms with Crippen LogP contribution in [0.3, 0.4) is 0 Å². The van der Waals surface area contributed by atoms with Crippen molar-refractivity contribution in [2.24, 2.45) is 0 Å². The van der Waals surface area contributed by atoms with Crippen molar-refractivity contribution in [1.82, 2.24) is 0 Å². The zero-order chi connectivity index (χ0) is 17.9. The van der Waals surface area contributed by atoms with Gasteiger partial charge in [-0.25, -0.2) is 13.2 Å².